The predicted molar refractivity (Wildman–Crippen MR) is 162 cm³/mol. The van der Waals surface area contributed by atoms with Crippen molar-refractivity contribution >= 4 is 34.9 Å². The normalized spacial score (nSPS) is 19.1. The van der Waals surface area contributed by atoms with Gasteiger partial charge in [0.25, 0.3) is 5.91 Å². The van der Waals surface area contributed by atoms with Gasteiger partial charge in [-0.2, -0.15) is 4.98 Å². The van der Waals surface area contributed by atoms with Gasteiger partial charge in [-0.05, 0) is 75.2 Å². The van der Waals surface area contributed by atoms with E-state index in [4.69, 9.17) is 9.72 Å². The summed E-state index contributed by atoms with van der Waals surface area (Å²) in [7, 11) is 2.18. The maximum absolute atomic E-state index is 13.2. The summed E-state index contributed by atoms with van der Waals surface area (Å²) in [5.74, 6) is 0.577. The zero-order chi connectivity index (χ0) is 29.1. The molecule has 2 amide bonds. The van der Waals surface area contributed by atoms with Gasteiger partial charge in [-0.15, -0.1) is 5.10 Å². The third-order valence-electron chi connectivity index (χ3n) is 8.64. The number of carbonyl (C=O) groups is 2. The Hall–Kier alpha value is -3.96. The molecule has 0 atom stereocenters. The molecule has 2 aromatic heterocycles. The molecule has 5 heterocycles. The molecule has 222 valence electrons. The zero-order valence-electron chi connectivity index (χ0n) is 24.5. The minimum Gasteiger partial charge on any atom is -0.450 e. The maximum atomic E-state index is 13.2. The van der Waals surface area contributed by atoms with E-state index in [1.807, 2.05) is 54.4 Å². The van der Waals surface area contributed by atoms with E-state index in [0.717, 1.165) is 81.0 Å². The first-order chi connectivity index (χ1) is 20.5. The highest BCUT2D eigenvalue weighted by atomic mass is 16.6. The van der Waals surface area contributed by atoms with E-state index in [1.165, 1.54) is 0 Å². The number of benzene rings is 1. The minimum atomic E-state index is -0.279. The third-order valence-corrected chi connectivity index (χ3v) is 8.64. The van der Waals surface area contributed by atoms with E-state index in [-0.39, 0.29) is 12.0 Å². The highest BCUT2D eigenvalue weighted by molar-refractivity contribution is 5.94. The molecule has 0 saturated carbocycles. The highest BCUT2D eigenvalue weighted by Gasteiger charge is 2.29. The summed E-state index contributed by atoms with van der Waals surface area (Å²) >= 11 is 0. The number of amides is 2. The van der Waals surface area contributed by atoms with Crippen molar-refractivity contribution in [2.75, 3.05) is 71.3 Å². The van der Waals surface area contributed by atoms with Gasteiger partial charge in [0.05, 0.1) is 6.61 Å². The minimum absolute atomic E-state index is 0.0937. The van der Waals surface area contributed by atoms with E-state index in [9.17, 15) is 9.59 Å². The van der Waals surface area contributed by atoms with Crippen molar-refractivity contribution in [1.29, 1.82) is 0 Å². The first-order valence-electron chi connectivity index (χ1n) is 15.0. The van der Waals surface area contributed by atoms with Crippen LogP contribution in [0.25, 0.3) is 11.2 Å². The number of likely N-dealkylation sites (tertiary alicyclic amines) is 1. The van der Waals surface area contributed by atoms with Crippen molar-refractivity contribution in [3.05, 3.63) is 59.8 Å². The van der Waals surface area contributed by atoms with E-state index in [0.29, 0.717) is 37.3 Å². The first kappa shape index (κ1) is 28.2. The Bertz CT molecular complexity index is 1440. The van der Waals surface area contributed by atoms with Gasteiger partial charge in [-0.3, -0.25) is 9.69 Å². The number of fused-ring (bicyclic) bond motifs is 1. The molecule has 1 aromatic carbocycles. The predicted octanol–water partition coefficient (Wildman–Crippen LogP) is 3.57. The van der Waals surface area contributed by atoms with Crippen molar-refractivity contribution in [1.82, 2.24) is 34.2 Å². The van der Waals surface area contributed by atoms with Gasteiger partial charge < -0.3 is 24.8 Å². The number of likely N-dealkylation sites (N-methyl/N-ethyl adjacent to an activating group) is 1. The molecule has 6 rings (SSSR count). The lowest BCUT2D eigenvalue weighted by Gasteiger charge is -2.42. The Morgan fingerprint density at radius 3 is 2.43 bits per heavy atom. The van der Waals surface area contributed by atoms with E-state index in [1.54, 1.807) is 9.42 Å². The fraction of sp³-hybridized carbons (Fsp3) is 0.484. The maximum Gasteiger partial charge on any atom is 0.410 e. The summed E-state index contributed by atoms with van der Waals surface area (Å²) in [6.45, 7) is 9.41. The average Bonchev–Trinajstić information content (AvgIpc) is 3.44. The lowest BCUT2D eigenvalue weighted by atomic mass is 10.0. The van der Waals surface area contributed by atoms with Gasteiger partial charge in [-0.1, -0.05) is 6.08 Å². The van der Waals surface area contributed by atoms with Crippen LogP contribution in [0.3, 0.4) is 0 Å². The summed E-state index contributed by atoms with van der Waals surface area (Å²) < 4.78 is 6.89. The van der Waals surface area contributed by atoms with Crippen LogP contribution >= 0.6 is 0 Å². The van der Waals surface area contributed by atoms with Crippen LogP contribution in [0.5, 0.6) is 0 Å². The Morgan fingerprint density at radius 2 is 1.74 bits per heavy atom. The number of piperazine rings is 1. The van der Waals surface area contributed by atoms with E-state index >= 15 is 0 Å². The number of rotatable bonds is 6. The van der Waals surface area contributed by atoms with Gasteiger partial charge in [0.15, 0.2) is 5.65 Å². The monoisotopic (exact) mass is 572 g/mol. The van der Waals surface area contributed by atoms with Crippen LogP contribution in [-0.2, 0) is 4.74 Å². The average molecular weight is 573 g/mol. The quantitative estimate of drug-likeness (QED) is 0.479. The molecule has 3 aliphatic heterocycles. The molecular weight excluding hydrogens is 532 g/mol. The summed E-state index contributed by atoms with van der Waals surface area (Å²) in [4.78, 5) is 38.7. The molecular formula is C31H40N8O3. The Balaban J connectivity index is 1.07. The second-order valence-electron chi connectivity index (χ2n) is 11.3. The number of hydrogen-bond donors (Lipinski definition) is 1. The molecule has 3 aliphatic rings. The lowest BCUT2D eigenvalue weighted by Crippen LogP contribution is -2.52. The Kier molecular flexibility index (Phi) is 8.38. The number of ether oxygens (including phenoxy) is 1. The molecule has 2 fully saturated rings. The Labute approximate surface area is 246 Å². The summed E-state index contributed by atoms with van der Waals surface area (Å²) in [5.41, 5.74) is 4.40. The van der Waals surface area contributed by atoms with Crippen LogP contribution in [0.15, 0.2) is 48.7 Å². The van der Waals surface area contributed by atoms with Gasteiger partial charge >= 0.3 is 6.09 Å². The molecule has 0 aliphatic carbocycles. The van der Waals surface area contributed by atoms with E-state index < -0.39 is 0 Å². The van der Waals surface area contributed by atoms with Crippen LogP contribution in [0.2, 0.25) is 0 Å². The SMILES string of the molecule is CCOC(=O)N1CC=C(c2cccn3nc(Nc4ccc(C(=O)N5CCC(N6CCN(C)CC6)CC5)cc4)nc23)CC1. The summed E-state index contributed by atoms with van der Waals surface area (Å²) in [6, 6.07) is 12.1. The molecule has 0 unspecified atom stereocenters. The molecule has 11 nitrogen and oxygen atoms in total. The van der Waals surface area contributed by atoms with Gasteiger partial charge in [0, 0.05) is 81.4 Å². The smallest absolute Gasteiger partial charge is 0.410 e. The number of pyridine rings is 1. The molecule has 0 spiro atoms. The number of piperidine rings is 1. The Morgan fingerprint density at radius 1 is 0.976 bits per heavy atom. The number of nitrogens with zero attached hydrogens (tertiary/aromatic N) is 7. The van der Waals surface area contributed by atoms with Gasteiger partial charge in [-0.25, -0.2) is 9.31 Å². The summed E-state index contributed by atoms with van der Waals surface area (Å²) in [5, 5.41) is 7.90. The second kappa shape index (κ2) is 12.5. The molecule has 0 bridgehead atoms. The second-order valence-corrected chi connectivity index (χ2v) is 11.3. The zero-order valence-corrected chi connectivity index (χ0v) is 24.5. The molecule has 3 aromatic rings. The topological polar surface area (TPSA) is 98.5 Å². The number of aromatic nitrogens is 3. The standard InChI is InChI=1S/C31H40N8O3/c1-3-42-31(41)38-15-10-23(11-16-38)27-5-4-14-39-28(27)33-30(34-39)32-25-8-6-24(7-9-25)29(40)37-17-12-26(13-18-37)36-21-19-35(2)20-22-36/h4-10,14,26H,3,11-13,15-22H2,1-2H3,(H,32,34). The van der Waals surface area contributed by atoms with Crippen LogP contribution in [0.1, 0.15) is 42.1 Å². The fourth-order valence-corrected chi connectivity index (χ4v) is 6.13. The lowest BCUT2D eigenvalue weighted by molar-refractivity contribution is 0.0518. The van der Waals surface area contributed by atoms with Crippen LogP contribution in [-0.4, -0.2) is 118 Å². The largest absolute Gasteiger partial charge is 0.450 e. The molecule has 1 N–H and O–H groups in total. The van der Waals surface area contributed by atoms with E-state index in [2.05, 4.69) is 33.3 Å². The highest BCUT2D eigenvalue weighted by Crippen LogP contribution is 2.27. The molecule has 0 radical (unpaired) electrons. The van der Waals surface area contributed by atoms with Crippen LogP contribution in [0.4, 0.5) is 16.4 Å². The number of nitrogens with one attached hydrogen (secondary N) is 1. The van der Waals surface area contributed by atoms with Crippen molar-refractivity contribution in [2.24, 2.45) is 0 Å². The number of hydrogen-bond acceptors (Lipinski definition) is 8. The fourth-order valence-electron chi connectivity index (χ4n) is 6.13. The number of anilines is 2. The van der Waals surface area contributed by atoms with Crippen molar-refractivity contribution in [3.8, 4) is 0 Å². The van der Waals surface area contributed by atoms with Crippen molar-refractivity contribution < 1.29 is 14.3 Å². The number of carbonyl (C=O) groups excluding carboxylic acids is 2. The van der Waals surface area contributed by atoms with Crippen molar-refractivity contribution in [3.63, 3.8) is 0 Å². The summed E-state index contributed by atoms with van der Waals surface area (Å²) in [6.07, 6.45) is 6.45. The third kappa shape index (κ3) is 6.12. The molecule has 11 heteroatoms. The molecule has 2 saturated heterocycles. The van der Waals surface area contributed by atoms with Crippen LogP contribution in [0, 0.1) is 0 Å². The first-order valence-corrected chi connectivity index (χ1v) is 15.0. The van der Waals surface area contributed by atoms with Gasteiger partial charge in [0.1, 0.15) is 0 Å². The van der Waals surface area contributed by atoms with Crippen LogP contribution < -0.4 is 5.32 Å². The van der Waals surface area contributed by atoms with Crippen molar-refractivity contribution in [2.45, 2.75) is 32.2 Å². The molecule has 42 heavy (non-hydrogen) atoms. The van der Waals surface area contributed by atoms with Gasteiger partial charge in [0.2, 0.25) is 5.95 Å².